The summed E-state index contributed by atoms with van der Waals surface area (Å²) in [6, 6.07) is 8.64. The Morgan fingerprint density at radius 1 is 1.10 bits per heavy atom. The number of carbonyl (C=O) groups is 1. The van der Waals surface area contributed by atoms with Crippen LogP contribution in [0.2, 0.25) is 0 Å². The third-order valence-corrected chi connectivity index (χ3v) is 6.63. The fourth-order valence-corrected chi connectivity index (χ4v) is 5.20. The van der Waals surface area contributed by atoms with E-state index in [0.717, 1.165) is 50.0 Å². The van der Waals surface area contributed by atoms with Gasteiger partial charge in [-0.1, -0.05) is 28.1 Å². The topological polar surface area (TPSA) is 29.5 Å². The molecule has 110 valence electrons. The Morgan fingerprint density at radius 2 is 1.71 bits per heavy atom. The molecule has 5 aliphatic rings. The normalized spacial score (nSPS) is 38.0. The molecule has 1 aromatic rings. The molecule has 2 aliphatic heterocycles. The van der Waals surface area contributed by atoms with Crippen LogP contribution in [0.3, 0.4) is 0 Å². The SMILES string of the molecule is O=C(N1CC2(COC2)C1)C12CC(c3ccc(Br)cc3)(C1)C2. The van der Waals surface area contributed by atoms with Gasteiger partial charge in [0, 0.05) is 17.6 Å². The summed E-state index contributed by atoms with van der Waals surface area (Å²) in [5.74, 6) is 0.416. The molecule has 2 saturated heterocycles. The maximum absolute atomic E-state index is 12.7. The highest BCUT2D eigenvalue weighted by atomic mass is 79.9. The van der Waals surface area contributed by atoms with Crippen molar-refractivity contribution in [3.05, 3.63) is 34.3 Å². The Balaban J connectivity index is 1.26. The first-order valence-electron chi connectivity index (χ1n) is 7.68. The molecule has 5 fully saturated rings. The van der Waals surface area contributed by atoms with E-state index >= 15 is 0 Å². The summed E-state index contributed by atoms with van der Waals surface area (Å²) in [7, 11) is 0. The van der Waals surface area contributed by atoms with Crippen LogP contribution in [0.25, 0.3) is 0 Å². The Hall–Kier alpha value is -0.870. The predicted molar refractivity (Wildman–Crippen MR) is 81.9 cm³/mol. The largest absolute Gasteiger partial charge is 0.380 e. The second-order valence-electron chi connectivity index (χ2n) is 7.75. The second-order valence-corrected chi connectivity index (χ2v) is 8.67. The van der Waals surface area contributed by atoms with Crippen molar-refractivity contribution >= 4 is 21.8 Å². The number of likely N-dealkylation sites (tertiary alicyclic amines) is 1. The second kappa shape index (κ2) is 3.72. The summed E-state index contributed by atoms with van der Waals surface area (Å²) in [6.07, 6.45) is 3.17. The first-order chi connectivity index (χ1) is 10.1. The van der Waals surface area contributed by atoms with E-state index < -0.39 is 0 Å². The molecule has 0 aromatic heterocycles. The molecule has 6 rings (SSSR count). The lowest BCUT2D eigenvalue weighted by molar-refractivity contribution is -0.223. The Bertz CT molecular complexity index is 607. The number of benzene rings is 1. The summed E-state index contributed by atoms with van der Waals surface area (Å²) >= 11 is 3.49. The van der Waals surface area contributed by atoms with Gasteiger partial charge in [-0.15, -0.1) is 0 Å². The van der Waals surface area contributed by atoms with Crippen molar-refractivity contribution in [1.29, 1.82) is 0 Å². The smallest absolute Gasteiger partial charge is 0.228 e. The van der Waals surface area contributed by atoms with Gasteiger partial charge in [0.2, 0.25) is 5.91 Å². The molecule has 1 aromatic carbocycles. The lowest BCUT2D eigenvalue weighted by atomic mass is 9.33. The Labute approximate surface area is 132 Å². The van der Waals surface area contributed by atoms with Gasteiger partial charge in [-0.25, -0.2) is 0 Å². The molecule has 2 heterocycles. The van der Waals surface area contributed by atoms with E-state index in [0.29, 0.717) is 16.7 Å². The monoisotopic (exact) mass is 347 g/mol. The number of hydrogen-bond acceptors (Lipinski definition) is 2. The predicted octanol–water partition coefficient (Wildman–Crippen LogP) is 2.73. The van der Waals surface area contributed by atoms with Crippen LogP contribution >= 0.6 is 15.9 Å². The van der Waals surface area contributed by atoms with Gasteiger partial charge in [0.1, 0.15) is 0 Å². The zero-order valence-electron chi connectivity index (χ0n) is 11.9. The highest BCUT2D eigenvalue weighted by molar-refractivity contribution is 9.10. The third kappa shape index (κ3) is 1.50. The van der Waals surface area contributed by atoms with Crippen molar-refractivity contribution in [1.82, 2.24) is 4.90 Å². The van der Waals surface area contributed by atoms with Crippen LogP contribution in [0.4, 0.5) is 0 Å². The van der Waals surface area contributed by atoms with Gasteiger partial charge >= 0.3 is 0 Å². The van der Waals surface area contributed by atoms with E-state index in [1.807, 2.05) is 0 Å². The first-order valence-corrected chi connectivity index (χ1v) is 8.48. The van der Waals surface area contributed by atoms with Crippen molar-refractivity contribution in [2.45, 2.75) is 24.7 Å². The van der Waals surface area contributed by atoms with Crippen molar-refractivity contribution in [2.75, 3.05) is 26.3 Å². The average Bonchev–Trinajstić information content (AvgIpc) is 2.24. The number of ether oxygens (including phenoxy) is 1. The molecule has 0 unspecified atom stereocenters. The summed E-state index contributed by atoms with van der Waals surface area (Å²) in [5.41, 5.74) is 2.04. The minimum absolute atomic E-state index is 0.0146. The maximum atomic E-state index is 12.7. The summed E-state index contributed by atoms with van der Waals surface area (Å²) in [6.45, 7) is 3.57. The Morgan fingerprint density at radius 3 is 2.24 bits per heavy atom. The number of halogens is 1. The first kappa shape index (κ1) is 12.7. The molecular formula is C17H18BrNO2. The zero-order valence-corrected chi connectivity index (χ0v) is 13.5. The number of hydrogen-bond donors (Lipinski definition) is 0. The van der Waals surface area contributed by atoms with Crippen LogP contribution in [0.15, 0.2) is 28.7 Å². The van der Waals surface area contributed by atoms with Crippen LogP contribution < -0.4 is 0 Å². The van der Waals surface area contributed by atoms with Crippen molar-refractivity contribution in [2.24, 2.45) is 10.8 Å². The molecule has 0 N–H and O–H groups in total. The standard InChI is InChI=1S/C17H18BrNO2/c18-13-3-1-12(2-4-13)16-5-17(6-16,7-16)14(20)19-8-15(9-19)10-21-11-15/h1-4H,5-11H2. The number of carbonyl (C=O) groups excluding carboxylic acids is 1. The van der Waals surface area contributed by atoms with Crippen LogP contribution in [0.5, 0.6) is 0 Å². The fraction of sp³-hybridized carbons (Fsp3) is 0.588. The molecule has 3 aliphatic carbocycles. The van der Waals surface area contributed by atoms with Crippen LogP contribution in [0, 0.1) is 10.8 Å². The molecule has 3 nitrogen and oxygen atoms in total. The van der Waals surface area contributed by atoms with Gasteiger partial charge < -0.3 is 9.64 Å². The third-order valence-electron chi connectivity index (χ3n) is 6.10. The van der Waals surface area contributed by atoms with Crippen LogP contribution in [-0.4, -0.2) is 37.1 Å². The minimum Gasteiger partial charge on any atom is -0.380 e. The van der Waals surface area contributed by atoms with E-state index in [1.54, 1.807) is 0 Å². The van der Waals surface area contributed by atoms with Gasteiger partial charge in [-0.3, -0.25) is 4.79 Å². The van der Waals surface area contributed by atoms with Crippen molar-refractivity contribution in [3.63, 3.8) is 0 Å². The van der Waals surface area contributed by atoms with Crippen molar-refractivity contribution < 1.29 is 9.53 Å². The molecule has 0 radical (unpaired) electrons. The number of amides is 1. The molecule has 2 bridgehead atoms. The van der Waals surface area contributed by atoms with Crippen LogP contribution in [0.1, 0.15) is 24.8 Å². The average molecular weight is 348 g/mol. The van der Waals surface area contributed by atoms with Gasteiger partial charge in [0.25, 0.3) is 0 Å². The van der Waals surface area contributed by atoms with Gasteiger partial charge in [0.15, 0.2) is 0 Å². The van der Waals surface area contributed by atoms with E-state index in [4.69, 9.17) is 4.74 Å². The van der Waals surface area contributed by atoms with Gasteiger partial charge in [-0.05, 0) is 42.4 Å². The fourth-order valence-electron chi connectivity index (χ4n) is 4.94. The summed E-state index contributed by atoms with van der Waals surface area (Å²) in [5, 5.41) is 0. The Kier molecular flexibility index (Phi) is 2.24. The number of nitrogens with zero attached hydrogens (tertiary/aromatic N) is 1. The lowest BCUT2D eigenvalue weighted by Crippen LogP contribution is -2.75. The summed E-state index contributed by atoms with van der Waals surface area (Å²) in [4.78, 5) is 14.8. The molecule has 21 heavy (non-hydrogen) atoms. The van der Waals surface area contributed by atoms with Crippen molar-refractivity contribution in [3.8, 4) is 0 Å². The molecule has 0 atom stereocenters. The molecule has 1 spiro atoms. The highest BCUT2D eigenvalue weighted by Gasteiger charge is 2.73. The molecule has 3 saturated carbocycles. The zero-order chi connectivity index (χ0) is 14.3. The molecule has 4 heteroatoms. The maximum Gasteiger partial charge on any atom is 0.228 e. The van der Waals surface area contributed by atoms with E-state index in [1.165, 1.54) is 5.56 Å². The lowest BCUT2D eigenvalue weighted by Gasteiger charge is -2.71. The van der Waals surface area contributed by atoms with E-state index in [9.17, 15) is 4.79 Å². The molecular weight excluding hydrogens is 330 g/mol. The van der Waals surface area contributed by atoms with E-state index in [-0.39, 0.29) is 5.41 Å². The van der Waals surface area contributed by atoms with Crippen LogP contribution in [-0.2, 0) is 14.9 Å². The van der Waals surface area contributed by atoms with Gasteiger partial charge in [-0.2, -0.15) is 0 Å². The van der Waals surface area contributed by atoms with E-state index in [2.05, 4.69) is 45.1 Å². The molecule has 1 amide bonds. The minimum atomic E-state index is -0.0146. The van der Waals surface area contributed by atoms with Gasteiger partial charge in [0.05, 0.1) is 24.0 Å². The number of rotatable bonds is 2. The summed E-state index contributed by atoms with van der Waals surface area (Å²) < 4.78 is 6.41. The quantitative estimate of drug-likeness (QED) is 0.823. The highest BCUT2D eigenvalue weighted by Crippen LogP contribution is 2.74.